The second-order valence-electron chi connectivity index (χ2n) is 3.61. The number of rotatable bonds is 2. The maximum Gasteiger partial charge on any atom is 0.0629 e. The van der Waals surface area contributed by atoms with Gasteiger partial charge in [-0.2, -0.15) is 0 Å². The van der Waals surface area contributed by atoms with E-state index in [-0.39, 0.29) is 0 Å². The Bertz CT molecular complexity index is 317. The van der Waals surface area contributed by atoms with Crippen LogP contribution in [-0.4, -0.2) is 30.1 Å². The standard InChI is InChI=1S/C11H14BrNOS/c1-9-8-14-7-6-13(9)15-11-4-2-10(12)3-5-11/h2-5,9H,6-8H2,1H3. The van der Waals surface area contributed by atoms with Gasteiger partial charge in [0.2, 0.25) is 0 Å². The highest BCUT2D eigenvalue weighted by atomic mass is 79.9. The smallest absolute Gasteiger partial charge is 0.0629 e. The van der Waals surface area contributed by atoms with E-state index in [9.17, 15) is 0 Å². The van der Waals surface area contributed by atoms with Gasteiger partial charge < -0.3 is 4.74 Å². The van der Waals surface area contributed by atoms with E-state index >= 15 is 0 Å². The molecule has 0 spiro atoms. The Morgan fingerprint density at radius 2 is 2.13 bits per heavy atom. The van der Waals surface area contributed by atoms with E-state index < -0.39 is 0 Å². The molecule has 0 aromatic heterocycles. The highest BCUT2D eigenvalue weighted by Gasteiger charge is 2.19. The van der Waals surface area contributed by atoms with E-state index in [1.807, 2.05) is 11.9 Å². The minimum Gasteiger partial charge on any atom is -0.378 e. The normalized spacial score (nSPS) is 22.9. The summed E-state index contributed by atoms with van der Waals surface area (Å²) in [7, 11) is 0. The zero-order valence-electron chi connectivity index (χ0n) is 8.65. The summed E-state index contributed by atoms with van der Waals surface area (Å²) in [5.74, 6) is 0. The first kappa shape index (κ1) is 11.5. The summed E-state index contributed by atoms with van der Waals surface area (Å²) >= 11 is 5.25. The summed E-state index contributed by atoms with van der Waals surface area (Å²) in [5.41, 5.74) is 0. The summed E-state index contributed by atoms with van der Waals surface area (Å²) in [4.78, 5) is 1.28. The first-order valence-electron chi connectivity index (χ1n) is 5.03. The highest BCUT2D eigenvalue weighted by molar-refractivity contribution is 9.10. The molecule has 1 aliphatic heterocycles. The van der Waals surface area contributed by atoms with Gasteiger partial charge in [-0.15, -0.1) is 0 Å². The Labute approximate surface area is 103 Å². The van der Waals surface area contributed by atoms with Crippen LogP contribution in [-0.2, 0) is 4.74 Å². The van der Waals surface area contributed by atoms with Crippen molar-refractivity contribution in [1.29, 1.82) is 0 Å². The molecule has 1 unspecified atom stereocenters. The van der Waals surface area contributed by atoms with Gasteiger partial charge in [-0.25, -0.2) is 4.31 Å². The molecule has 1 aliphatic rings. The molecule has 1 aromatic rings. The van der Waals surface area contributed by atoms with E-state index in [1.54, 1.807) is 0 Å². The second kappa shape index (κ2) is 5.34. The first-order chi connectivity index (χ1) is 7.25. The van der Waals surface area contributed by atoms with Crippen LogP contribution in [0.1, 0.15) is 6.92 Å². The molecule has 1 saturated heterocycles. The van der Waals surface area contributed by atoms with Crippen molar-refractivity contribution in [2.45, 2.75) is 17.9 Å². The van der Waals surface area contributed by atoms with E-state index in [1.165, 1.54) is 4.90 Å². The average molecular weight is 288 g/mol. The lowest BCUT2D eigenvalue weighted by atomic mass is 10.3. The Morgan fingerprint density at radius 1 is 1.40 bits per heavy atom. The van der Waals surface area contributed by atoms with Gasteiger partial charge in [-0.3, -0.25) is 0 Å². The zero-order chi connectivity index (χ0) is 10.7. The molecule has 0 N–H and O–H groups in total. The van der Waals surface area contributed by atoms with Crippen molar-refractivity contribution < 1.29 is 4.74 Å². The molecule has 4 heteroatoms. The van der Waals surface area contributed by atoms with Gasteiger partial charge >= 0.3 is 0 Å². The molecule has 1 aromatic carbocycles. The quantitative estimate of drug-likeness (QED) is 0.776. The van der Waals surface area contributed by atoms with Gasteiger partial charge in [-0.1, -0.05) is 15.9 Å². The van der Waals surface area contributed by atoms with Crippen molar-refractivity contribution in [3.8, 4) is 0 Å². The van der Waals surface area contributed by atoms with E-state index in [0.29, 0.717) is 6.04 Å². The fraction of sp³-hybridized carbons (Fsp3) is 0.455. The molecule has 2 nitrogen and oxygen atoms in total. The van der Waals surface area contributed by atoms with Crippen LogP contribution < -0.4 is 0 Å². The van der Waals surface area contributed by atoms with Crippen molar-refractivity contribution >= 4 is 27.9 Å². The van der Waals surface area contributed by atoms with Crippen molar-refractivity contribution in [2.24, 2.45) is 0 Å². The van der Waals surface area contributed by atoms with Gasteiger partial charge in [0.1, 0.15) is 0 Å². The van der Waals surface area contributed by atoms with Crippen molar-refractivity contribution in [3.63, 3.8) is 0 Å². The van der Waals surface area contributed by atoms with Crippen LogP contribution >= 0.6 is 27.9 Å². The van der Waals surface area contributed by atoms with Crippen LogP contribution in [0.25, 0.3) is 0 Å². The van der Waals surface area contributed by atoms with Crippen LogP contribution in [0.4, 0.5) is 0 Å². The molecular weight excluding hydrogens is 274 g/mol. The number of nitrogens with zero attached hydrogens (tertiary/aromatic N) is 1. The number of halogens is 1. The van der Waals surface area contributed by atoms with Gasteiger partial charge in [0.05, 0.1) is 13.2 Å². The summed E-state index contributed by atoms with van der Waals surface area (Å²) in [5, 5.41) is 0. The number of morpholine rings is 1. The number of ether oxygens (including phenoxy) is 1. The molecule has 1 atom stereocenters. The zero-order valence-corrected chi connectivity index (χ0v) is 11.1. The van der Waals surface area contributed by atoms with Crippen LogP contribution in [0.5, 0.6) is 0 Å². The fourth-order valence-corrected chi connectivity index (χ4v) is 2.68. The molecule has 0 aliphatic carbocycles. The molecule has 0 bridgehead atoms. The highest BCUT2D eigenvalue weighted by Crippen LogP contribution is 2.27. The van der Waals surface area contributed by atoms with E-state index in [2.05, 4.69) is 51.4 Å². The number of hydrogen-bond acceptors (Lipinski definition) is 3. The molecule has 1 heterocycles. The average Bonchev–Trinajstić information content (AvgIpc) is 2.25. The SMILES string of the molecule is CC1COCCN1Sc1ccc(Br)cc1. The van der Waals surface area contributed by atoms with Crippen LogP contribution in [0.3, 0.4) is 0 Å². The summed E-state index contributed by atoms with van der Waals surface area (Å²) < 4.78 is 8.91. The third-order valence-corrected chi connectivity index (χ3v) is 4.13. The lowest BCUT2D eigenvalue weighted by Gasteiger charge is -2.31. The molecular formula is C11H14BrNOS. The van der Waals surface area contributed by atoms with Crippen LogP contribution in [0, 0.1) is 0 Å². The second-order valence-corrected chi connectivity index (χ2v) is 5.65. The maximum absolute atomic E-state index is 5.41. The third kappa shape index (κ3) is 3.21. The Hall–Kier alpha value is -0.0300. The predicted octanol–water partition coefficient (Wildman–Crippen LogP) is 3.18. The summed E-state index contributed by atoms with van der Waals surface area (Å²) in [6.07, 6.45) is 0. The number of hydrogen-bond donors (Lipinski definition) is 0. The monoisotopic (exact) mass is 287 g/mol. The summed E-state index contributed by atoms with van der Waals surface area (Å²) in [6, 6.07) is 8.92. The molecule has 2 rings (SSSR count). The molecule has 82 valence electrons. The van der Waals surface area contributed by atoms with Gasteiger partial charge in [-0.05, 0) is 43.1 Å². The molecule has 0 saturated carbocycles. The Morgan fingerprint density at radius 3 is 2.80 bits per heavy atom. The van der Waals surface area contributed by atoms with Crippen molar-refractivity contribution in [1.82, 2.24) is 4.31 Å². The first-order valence-corrected chi connectivity index (χ1v) is 6.60. The van der Waals surface area contributed by atoms with Gasteiger partial charge in [0, 0.05) is 22.0 Å². The lowest BCUT2D eigenvalue weighted by molar-refractivity contribution is 0.0440. The predicted molar refractivity (Wildman–Crippen MR) is 67.0 cm³/mol. The topological polar surface area (TPSA) is 12.5 Å². The molecule has 1 fully saturated rings. The Kier molecular flexibility index (Phi) is 4.08. The molecule has 0 amide bonds. The van der Waals surface area contributed by atoms with Crippen LogP contribution in [0.15, 0.2) is 33.6 Å². The Balaban J connectivity index is 1.98. The van der Waals surface area contributed by atoms with E-state index in [0.717, 1.165) is 24.2 Å². The van der Waals surface area contributed by atoms with Crippen LogP contribution in [0.2, 0.25) is 0 Å². The molecule has 15 heavy (non-hydrogen) atoms. The maximum atomic E-state index is 5.41. The number of benzene rings is 1. The van der Waals surface area contributed by atoms with Crippen molar-refractivity contribution in [2.75, 3.05) is 19.8 Å². The minimum atomic E-state index is 0.493. The third-order valence-electron chi connectivity index (χ3n) is 2.34. The summed E-state index contributed by atoms with van der Waals surface area (Å²) in [6.45, 7) is 4.88. The largest absolute Gasteiger partial charge is 0.378 e. The van der Waals surface area contributed by atoms with Crippen molar-refractivity contribution in [3.05, 3.63) is 28.7 Å². The fourth-order valence-electron chi connectivity index (χ4n) is 1.48. The minimum absolute atomic E-state index is 0.493. The van der Waals surface area contributed by atoms with Gasteiger partial charge in [0.25, 0.3) is 0 Å². The lowest BCUT2D eigenvalue weighted by Crippen LogP contribution is -2.38. The molecule has 0 radical (unpaired) electrons. The van der Waals surface area contributed by atoms with E-state index in [4.69, 9.17) is 4.74 Å². The van der Waals surface area contributed by atoms with Gasteiger partial charge in [0.15, 0.2) is 0 Å².